The number of amides is 2. The van der Waals surface area contributed by atoms with E-state index in [9.17, 15) is 9.90 Å². The lowest BCUT2D eigenvalue weighted by molar-refractivity contribution is 0.0372. The smallest absolute Gasteiger partial charge is 0.319 e. The number of nitrogens with one attached hydrogen (secondary N) is 2. The maximum atomic E-state index is 12.1. The Hall–Kier alpha value is -2.79. The molecule has 1 atom stereocenters. The van der Waals surface area contributed by atoms with E-state index in [1.54, 1.807) is 19.1 Å². The molecule has 0 radical (unpaired) electrons. The second-order valence-corrected chi connectivity index (χ2v) is 5.59. The first kappa shape index (κ1) is 15.1. The lowest BCUT2D eigenvalue weighted by Crippen LogP contribution is -2.40. The number of rotatable bonds is 4. The minimum absolute atomic E-state index is 0.0388. The fourth-order valence-electron chi connectivity index (χ4n) is 2.43. The molecule has 1 heterocycles. The molecule has 23 heavy (non-hydrogen) atoms. The summed E-state index contributed by atoms with van der Waals surface area (Å²) in [4.78, 5) is 12.1. The van der Waals surface area contributed by atoms with E-state index in [0.29, 0.717) is 5.76 Å². The summed E-state index contributed by atoms with van der Waals surface area (Å²) in [6.07, 6.45) is 1.49. The monoisotopic (exact) mass is 310 g/mol. The molecule has 3 N–H and O–H groups in total. The molecule has 1 aromatic heterocycles. The highest BCUT2D eigenvalue weighted by Crippen LogP contribution is 2.23. The Kier molecular flexibility index (Phi) is 4.04. The van der Waals surface area contributed by atoms with E-state index in [-0.39, 0.29) is 12.6 Å². The number of aliphatic hydroxyl groups is 1. The first-order chi connectivity index (χ1) is 11.1. The predicted molar refractivity (Wildman–Crippen MR) is 89.2 cm³/mol. The molecule has 2 aromatic carbocycles. The van der Waals surface area contributed by atoms with Gasteiger partial charge in [-0.25, -0.2) is 4.79 Å². The molecule has 0 saturated carbocycles. The van der Waals surface area contributed by atoms with Crippen LogP contribution in [-0.2, 0) is 5.60 Å². The lowest BCUT2D eigenvalue weighted by atomic mass is 10.0. The molecule has 5 heteroatoms. The topological polar surface area (TPSA) is 74.5 Å². The highest BCUT2D eigenvalue weighted by molar-refractivity contribution is 6.01. The van der Waals surface area contributed by atoms with E-state index in [0.717, 1.165) is 16.5 Å². The van der Waals surface area contributed by atoms with Crippen molar-refractivity contribution in [1.82, 2.24) is 5.32 Å². The van der Waals surface area contributed by atoms with Gasteiger partial charge in [0.05, 0.1) is 18.5 Å². The molecular formula is C18H18N2O3. The van der Waals surface area contributed by atoms with Crippen molar-refractivity contribution in [2.24, 2.45) is 0 Å². The summed E-state index contributed by atoms with van der Waals surface area (Å²) in [5, 5.41) is 17.8. The van der Waals surface area contributed by atoms with Crippen LogP contribution in [0.25, 0.3) is 10.8 Å². The van der Waals surface area contributed by atoms with E-state index in [4.69, 9.17) is 4.42 Å². The van der Waals surface area contributed by atoms with Crippen LogP contribution in [0, 0.1) is 0 Å². The van der Waals surface area contributed by atoms with Crippen LogP contribution in [0.15, 0.2) is 65.3 Å². The first-order valence-corrected chi connectivity index (χ1v) is 7.35. The summed E-state index contributed by atoms with van der Waals surface area (Å²) in [5.41, 5.74) is -0.544. The molecule has 2 amide bonds. The Bertz CT molecular complexity index is 805. The number of urea groups is 1. The standard InChI is InChI=1S/C18H18N2O3/c1-18(22,16-10-5-11-23-16)12-19-17(21)20-15-9-4-7-13-6-2-3-8-14(13)15/h2-11,22H,12H2,1H3,(H2,19,20,21). The van der Waals surface area contributed by atoms with E-state index in [2.05, 4.69) is 10.6 Å². The second kappa shape index (κ2) is 6.14. The van der Waals surface area contributed by atoms with E-state index in [1.807, 2.05) is 42.5 Å². The summed E-state index contributed by atoms with van der Waals surface area (Å²) in [5.74, 6) is 0.406. The number of anilines is 1. The zero-order valence-electron chi connectivity index (χ0n) is 12.7. The van der Waals surface area contributed by atoms with Crippen molar-refractivity contribution < 1.29 is 14.3 Å². The van der Waals surface area contributed by atoms with Crippen molar-refractivity contribution in [3.63, 3.8) is 0 Å². The molecule has 5 nitrogen and oxygen atoms in total. The van der Waals surface area contributed by atoms with Crippen LogP contribution in [-0.4, -0.2) is 17.7 Å². The number of fused-ring (bicyclic) bond motifs is 1. The Labute approximate surface area is 133 Å². The molecule has 3 aromatic rings. The summed E-state index contributed by atoms with van der Waals surface area (Å²) in [6, 6.07) is 16.5. The van der Waals surface area contributed by atoms with Crippen LogP contribution in [0.2, 0.25) is 0 Å². The summed E-state index contributed by atoms with van der Waals surface area (Å²) >= 11 is 0. The predicted octanol–water partition coefficient (Wildman–Crippen LogP) is 3.46. The number of carbonyl (C=O) groups is 1. The lowest BCUT2D eigenvalue weighted by Gasteiger charge is -2.21. The quantitative estimate of drug-likeness (QED) is 0.691. The van der Waals surface area contributed by atoms with Crippen LogP contribution in [0.5, 0.6) is 0 Å². The molecule has 0 bridgehead atoms. The Balaban J connectivity index is 1.67. The van der Waals surface area contributed by atoms with Gasteiger partial charge < -0.3 is 20.2 Å². The third kappa shape index (κ3) is 3.35. The Morgan fingerprint density at radius 3 is 2.70 bits per heavy atom. The minimum atomic E-state index is -1.26. The van der Waals surface area contributed by atoms with Gasteiger partial charge in [-0.3, -0.25) is 0 Å². The average Bonchev–Trinajstić information content (AvgIpc) is 3.09. The van der Waals surface area contributed by atoms with Crippen LogP contribution in [0.4, 0.5) is 10.5 Å². The average molecular weight is 310 g/mol. The van der Waals surface area contributed by atoms with Gasteiger partial charge in [-0.15, -0.1) is 0 Å². The van der Waals surface area contributed by atoms with Gasteiger partial charge in [0.15, 0.2) is 0 Å². The van der Waals surface area contributed by atoms with Gasteiger partial charge in [0, 0.05) is 5.39 Å². The van der Waals surface area contributed by atoms with Crippen molar-refractivity contribution in [2.75, 3.05) is 11.9 Å². The molecule has 0 aliphatic heterocycles. The summed E-state index contributed by atoms with van der Waals surface area (Å²) in [7, 11) is 0. The van der Waals surface area contributed by atoms with Crippen LogP contribution < -0.4 is 10.6 Å². The van der Waals surface area contributed by atoms with E-state index in [1.165, 1.54) is 6.26 Å². The molecule has 118 valence electrons. The van der Waals surface area contributed by atoms with Gasteiger partial charge in [0.25, 0.3) is 0 Å². The fraction of sp³-hybridized carbons (Fsp3) is 0.167. The highest BCUT2D eigenvalue weighted by Gasteiger charge is 2.26. The molecule has 0 spiro atoms. The fourth-order valence-corrected chi connectivity index (χ4v) is 2.43. The third-order valence-electron chi connectivity index (χ3n) is 3.68. The van der Waals surface area contributed by atoms with Crippen molar-refractivity contribution in [3.05, 3.63) is 66.6 Å². The van der Waals surface area contributed by atoms with Crippen molar-refractivity contribution in [2.45, 2.75) is 12.5 Å². The number of hydrogen-bond acceptors (Lipinski definition) is 3. The van der Waals surface area contributed by atoms with Gasteiger partial charge >= 0.3 is 6.03 Å². The van der Waals surface area contributed by atoms with Crippen LogP contribution in [0.3, 0.4) is 0 Å². The molecule has 3 rings (SSSR count). The van der Waals surface area contributed by atoms with E-state index >= 15 is 0 Å². The number of hydrogen-bond donors (Lipinski definition) is 3. The number of carbonyl (C=O) groups excluding carboxylic acids is 1. The van der Waals surface area contributed by atoms with Gasteiger partial charge in [-0.05, 0) is 30.5 Å². The second-order valence-electron chi connectivity index (χ2n) is 5.59. The van der Waals surface area contributed by atoms with Gasteiger partial charge in [-0.2, -0.15) is 0 Å². The highest BCUT2D eigenvalue weighted by atomic mass is 16.4. The van der Waals surface area contributed by atoms with Gasteiger partial charge in [0.1, 0.15) is 11.4 Å². The van der Waals surface area contributed by atoms with Crippen molar-refractivity contribution in [1.29, 1.82) is 0 Å². The largest absolute Gasteiger partial charge is 0.466 e. The van der Waals surface area contributed by atoms with Crippen molar-refractivity contribution >= 4 is 22.5 Å². The zero-order chi connectivity index (χ0) is 16.3. The zero-order valence-corrected chi connectivity index (χ0v) is 12.7. The summed E-state index contributed by atoms with van der Waals surface area (Å²) in [6.45, 7) is 1.63. The molecule has 0 saturated heterocycles. The maximum Gasteiger partial charge on any atom is 0.319 e. The molecule has 0 aliphatic carbocycles. The minimum Gasteiger partial charge on any atom is -0.466 e. The van der Waals surface area contributed by atoms with Gasteiger partial charge in [-0.1, -0.05) is 36.4 Å². The maximum absolute atomic E-state index is 12.1. The first-order valence-electron chi connectivity index (χ1n) is 7.35. The Morgan fingerprint density at radius 2 is 1.91 bits per heavy atom. The number of benzene rings is 2. The van der Waals surface area contributed by atoms with Crippen LogP contribution in [0.1, 0.15) is 12.7 Å². The number of furan rings is 1. The Morgan fingerprint density at radius 1 is 1.13 bits per heavy atom. The molecular weight excluding hydrogens is 292 g/mol. The normalized spacial score (nSPS) is 13.5. The SMILES string of the molecule is CC(O)(CNC(=O)Nc1cccc2ccccc12)c1ccco1. The molecule has 0 fully saturated rings. The van der Waals surface area contributed by atoms with Crippen LogP contribution >= 0.6 is 0 Å². The van der Waals surface area contributed by atoms with Gasteiger partial charge in [0.2, 0.25) is 0 Å². The third-order valence-corrected chi connectivity index (χ3v) is 3.68. The van der Waals surface area contributed by atoms with Crippen molar-refractivity contribution in [3.8, 4) is 0 Å². The molecule has 0 aliphatic rings. The van der Waals surface area contributed by atoms with E-state index < -0.39 is 5.60 Å². The summed E-state index contributed by atoms with van der Waals surface area (Å²) < 4.78 is 5.18. The molecule has 1 unspecified atom stereocenters.